The van der Waals surface area contributed by atoms with Crippen molar-refractivity contribution < 1.29 is 23.1 Å². The predicted molar refractivity (Wildman–Crippen MR) is 145 cm³/mol. The quantitative estimate of drug-likeness (QED) is 0.244. The number of fused-ring (bicyclic) bond motifs is 1. The van der Waals surface area contributed by atoms with Crippen LogP contribution in [-0.4, -0.2) is 26.6 Å². The van der Waals surface area contributed by atoms with Crippen molar-refractivity contribution in [2.45, 2.75) is 27.0 Å². The smallest absolute Gasteiger partial charge is 0.280 e. The van der Waals surface area contributed by atoms with Gasteiger partial charge >= 0.3 is 0 Å². The highest BCUT2D eigenvalue weighted by Gasteiger charge is 2.25. The van der Waals surface area contributed by atoms with E-state index in [2.05, 4.69) is 15.4 Å². The molecule has 3 aromatic heterocycles. The van der Waals surface area contributed by atoms with E-state index in [1.54, 1.807) is 36.5 Å². The van der Waals surface area contributed by atoms with Crippen LogP contribution in [0, 0.1) is 13.8 Å². The van der Waals surface area contributed by atoms with E-state index in [1.807, 2.05) is 32.0 Å². The number of aromatic nitrogens is 3. The topological polar surface area (TPSA) is 112 Å². The number of rotatable bonds is 8. The molecule has 0 atom stereocenters. The van der Waals surface area contributed by atoms with Gasteiger partial charge in [0.05, 0.1) is 5.69 Å². The molecule has 0 saturated carbocycles. The van der Waals surface area contributed by atoms with Gasteiger partial charge in [-0.25, -0.2) is 18.4 Å². The summed E-state index contributed by atoms with van der Waals surface area (Å²) in [4.78, 5) is 29.7. The summed E-state index contributed by atoms with van der Waals surface area (Å²) in [5.41, 5.74) is 8.42. The van der Waals surface area contributed by atoms with Crippen LogP contribution >= 0.6 is 11.3 Å². The largest absolute Gasteiger partial charge is 0.471 e. The number of pyridine rings is 1. The van der Waals surface area contributed by atoms with Crippen molar-refractivity contribution in [1.29, 1.82) is 0 Å². The molecule has 3 heterocycles. The predicted octanol–water partition coefficient (Wildman–Crippen LogP) is 6.10. The van der Waals surface area contributed by atoms with Gasteiger partial charge in [0.15, 0.2) is 12.4 Å². The van der Waals surface area contributed by atoms with Crippen molar-refractivity contribution in [3.8, 4) is 16.9 Å². The number of hydrogen-bond acceptors (Lipinski definition) is 6. The number of aryl methyl sites for hydroxylation is 2. The molecule has 5 rings (SSSR count). The minimum Gasteiger partial charge on any atom is -0.471 e. The Morgan fingerprint density at radius 1 is 1.10 bits per heavy atom. The Morgan fingerprint density at radius 3 is 2.56 bits per heavy atom. The lowest BCUT2D eigenvalue weighted by atomic mass is 10.0. The minimum atomic E-state index is -2.83. The first-order chi connectivity index (χ1) is 18.7. The second-order valence-corrected chi connectivity index (χ2v) is 9.85. The van der Waals surface area contributed by atoms with E-state index in [9.17, 15) is 18.4 Å². The van der Waals surface area contributed by atoms with Crippen molar-refractivity contribution in [2.75, 3.05) is 5.32 Å². The molecule has 2 amide bonds. The number of halogens is 2. The van der Waals surface area contributed by atoms with Crippen LogP contribution in [0.3, 0.4) is 0 Å². The number of amides is 2. The Bertz CT molecular complexity index is 1700. The number of carbonyl (C=O) groups excluding carboxylic acids is 2. The van der Waals surface area contributed by atoms with Crippen molar-refractivity contribution >= 4 is 39.1 Å². The molecule has 198 valence electrons. The van der Waals surface area contributed by atoms with Crippen molar-refractivity contribution in [3.63, 3.8) is 0 Å². The zero-order valence-corrected chi connectivity index (χ0v) is 21.8. The summed E-state index contributed by atoms with van der Waals surface area (Å²) in [6.45, 7) is 4.00. The number of alkyl halides is 2. The van der Waals surface area contributed by atoms with Crippen molar-refractivity contribution in [3.05, 3.63) is 94.3 Å². The molecule has 39 heavy (non-hydrogen) atoms. The molecule has 0 spiro atoms. The normalized spacial score (nSPS) is 11.2. The molecule has 0 saturated heterocycles. The van der Waals surface area contributed by atoms with Crippen LogP contribution in [0.5, 0.6) is 5.75 Å². The van der Waals surface area contributed by atoms with Gasteiger partial charge in [-0.15, -0.1) is 11.3 Å². The highest BCUT2D eigenvalue weighted by molar-refractivity contribution is 7.21. The Morgan fingerprint density at radius 2 is 1.87 bits per heavy atom. The summed E-state index contributed by atoms with van der Waals surface area (Å²) in [6, 6.07) is 17.4. The van der Waals surface area contributed by atoms with Crippen LogP contribution in [0.4, 0.5) is 14.5 Å². The zero-order chi connectivity index (χ0) is 27.7. The third-order valence-electron chi connectivity index (χ3n) is 6.01. The van der Waals surface area contributed by atoms with Gasteiger partial charge < -0.3 is 15.8 Å². The molecular weight excluding hydrogens is 524 g/mol. The molecule has 0 aliphatic carbocycles. The van der Waals surface area contributed by atoms with Gasteiger partial charge in [0, 0.05) is 11.6 Å². The fourth-order valence-corrected chi connectivity index (χ4v) is 5.21. The number of primary amides is 1. The van der Waals surface area contributed by atoms with Gasteiger partial charge in [-0.3, -0.25) is 9.59 Å². The average molecular weight is 548 g/mol. The van der Waals surface area contributed by atoms with E-state index in [-0.39, 0.29) is 27.8 Å². The molecule has 0 fully saturated rings. The molecule has 0 aliphatic rings. The summed E-state index contributed by atoms with van der Waals surface area (Å²) in [5.74, 6) is -0.736. The maximum absolute atomic E-state index is 13.7. The highest BCUT2D eigenvalue weighted by Crippen LogP contribution is 2.42. The fraction of sp³-hybridized carbons (Fsp3) is 0.143. The molecule has 8 nitrogen and oxygen atoms in total. The van der Waals surface area contributed by atoms with Crippen LogP contribution in [0.1, 0.15) is 43.4 Å². The third kappa shape index (κ3) is 5.34. The summed E-state index contributed by atoms with van der Waals surface area (Å²) < 4.78 is 34.6. The van der Waals surface area contributed by atoms with Crippen LogP contribution in [0.2, 0.25) is 0 Å². The number of nitrogens with two attached hydrogens (primary N) is 1. The number of hydrogen-bond donors (Lipinski definition) is 2. The fourth-order valence-electron chi connectivity index (χ4n) is 4.20. The maximum atomic E-state index is 13.7. The summed E-state index contributed by atoms with van der Waals surface area (Å²) >= 11 is 0.844. The van der Waals surface area contributed by atoms with Crippen molar-refractivity contribution in [2.24, 2.45) is 5.73 Å². The van der Waals surface area contributed by atoms with E-state index < -0.39 is 23.9 Å². The van der Waals surface area contributed by atoms with Crippen LogP contribution in [0.25, 0.3) is 21.3 Å². The first kappa shape index (κ1) is 26.0. The Kier molecular flexibility index (Phi) is 7.07. The van der Waals surface area contributed by atoms with Crippen LogP contribution < -0.4 is 15.8 Å². The van der Waals surface area contributed by atoms with Crippen molar-refractivity contribution in [1.82, 2.24) is 14.8 Å². The average Bonchev–Trinajstić information content (AvgIpc) is 3.53. The standard InChI is InChI=1S/C28H23F2N5O3S/c1-15-8-9-21(16(2)12-15)38-14-35-11-10-19(34-35)27(37)33-23-22-18(17-6-4-3-5-7-17)13-20(25(29)30)32-28(22)39-24(23)26(31)36/h3-13,25H,14H2,1-2H3,(H2,31,36)(H,33,37). The Labute approximate surface area is 226 Å². The Hall–Kier alpha value is -4.64. The third-order valence-corrected chi connectivity index (χ3v) is 7.11. The van der Waals surface area contributed by atoms with Gasteiger partial charge in [0.2, 0.25) is 0 Å². The molecule has 11 heteroatoms. The SMILES string of the molecule is Cc1ccc(OCn2ccc(C(=O)Nc3c(C(N)=O)sc4nc(C(F)F)cc(-c5ccccc5)c34)n2)c(C)c1. The number of nitrogens with zero attached hydrogens (tertiary/aromatic N) is 3. The number of thiophene rings is 1. The summed E-state index contributed by atoms with van der Waals surface area (Å²) in [7, 11) is 0. The van der Waals surface area contributed by atoms with Gasteiger partial charge in [-0.1, -0.05) is 48.0 Å². The second-order valence-electron chi connectivity index (χ2n) is 8.85. The lowest BCUT2D eigenvalue weighted by molar-refractivity contribution is 0.100. The number of benzene rings is 2. The van der Waals surface area contributed by atoms with E-state index in [0.717, 1.165) is 22.5 Å². The summed E-state index contributed by atoms with van der Waals surface area (Å²) in [6.07, 6.45) is -1.24. The Balaban J connectivity index is 1.48. The van der Waals surface area contributed by atoms with E-state index in [1.165, 1.54) is 16.8 Å². The lowest BCUT2D eigenvalue weighted by Gasteiger charge is -2.11. The van der Waals surface area contributed by atoms with Crippen LogP contribution in [0.15, 0.2) is 66.9 Å². The van der Waals surface area contributed by atoms with E-state index in [0.29, 0.717) is 22.3 Å². The monoisotopic (exact) mass is 547 g/mol. The van der Waals surface area contributed by atoms with Gasteiger partial charge in [-0.05, 0) is 48.7 Å². The summed E-state index contributed by atoms with van der Waals surface area (Å²) in [5, 5.41) is 7.34. The van der Waals surface area contributed by atoms with Gasteiger partial charge in [0.1, 0.15) is 21.2 Å². The lowest BCUT2D eigenvalue weighted by Crippen LogP contribution is -2.18. The molecule has 0 radical (unpaired) electrons. The molecule has 3 N–H and O–H groups in total. The second kappa shape index (κ2) is 10.6. The molecule has 0 aliphatic heterocycles. The zero-order valence-electron chi connectivity index (χ0n) is 20.9. The number of nitrogens with one attached hydrogen (secondary N) is 1. The first-order valence-electron chi connectivity index (χ1n) is 11.9. The molecule has 0 unspecified atom stereocenters. The molecular formula is C28H23F2N5O3S. The van der Waals surface area contributed by atoms with E-state index in [4.69, 9.17) is 10.5 Å². The molecule has 5 aromatic rings. The number of ether oxygens (including phenoxy) is 1. The van der Waals surface area contributed by atoms with Crippen LogP contribution in [-0.2, 0) is 6.73 Å². The highest BCUT2D eigenvalue weighted by atomic mass is 32.1. The number of anilines is 1. The minimum absolute atomic E-state index is 0.00735. The number of carbonyl (C=O) groups is 2. The van der Waals surface area contributed by atoms with Gasteiger partial charge in [-0.2, -0.15) is 5.10 Å². The van der Waals surface area contributed by atoms with E-state index >= 15 is 0 Å². The first-order valence-corrected chi connectivity index (χ1v) is 12.7. The maximum Gasteiger partial charge on any atom is 0.280 e. The van der Waals surface area contributed by atoms with Gasteiger partial charge in [0.25, 0.3) is 18.2 Å². The molecule has 2 aromatic carbocycles. The molecule has 0 bridgehead atoms.